The van der Waals surface area contributed by atoms with Crippen molar-refractivity contribution in [3.63, 3.8) is 0 Å². The first-order valence-corrected chi connectivity index (χ1v) is 8.56. The van der Waals surface area contributed by atoms with Gasteiger partial charge in [-0.05, 0) is 69.6 Å². The number of nitrogens with zero attached hydrogens (tertiary/aromatic N) is 2. The smallest absolute Gasteiger partial charge is 0.0902 e. The summed E-state index contributed by atoms with van der Waals surface area (Å²) in [6.07, 6.45) is 11.6. The maximum atomic E-state index is 4.97. The highest BCUT2D eigenvalue weighted by atomic mass is 15.3. The van der Waals surface area contributed by atoms with Crippen molar-refractivity contribution >= 4 is 0 Å². The standard InChI is InChI=1S/C17H26N2/c1-15-13-11-6-7-12(10-11)14(13)16(2,19-18-15)17(15)8-4-3-5-9-17/h11-14H,3-10H2,1-2H3/t11-,12+,13-,14+,15-,16+. The first-order valence-electron chi connectivity index (χ1n) is 8.56. The molecule has 0 aromatic heterocycles. The average molecular weight is 258 g/mol. The van der Waals surface area contributed by atoms with Crippen molar-refractivity contribution in [3.05, 3.63) is 0 Å². The lowest BCUT2D eigenvalue weighted by molar-refractivity contribution is 0.0576. The topological polar surface area (TPSA) is 24.7 Å². The van der Waals surface area contributed by atoms with Crippen LogP contribution >= 0.6 is 0 Å². The lowest BCUT2D eigenvalue weighted by Gasteiger charge is -2.47. The van der Waals surface area contributed by atoms with Crippen molar-refractivity contribution in [1.82, 2.24) is 0 Å². The third kappa shape index (κ3) is 0.937. The van der Waals surface area contributed by atoms with Gasteiger partial charge in [0.2, 0.25) is 0 Å². The van der Waals surface area contributed by atoms with Crippen LogP contribution in [0.25, 0.3) is 0 Å². The van der Waals surface area contributed by atoms with Crippen LogP contribution in [0.2, 0.25) is 0 Å². The van der Waals surface area contributed by atoms with Gasteiger partial charge in [0.1, 0.15) is 0 Å². The molecule has 4 saturated carbocycles. The lowest BCUT2D eigenvalue weighted by Crippen LogP contribution is -2.51. The zero-order chi connectivity index (χ0) is 12.9. The molecule has 6 atom stereocenters. The summed E-state index contributed by atoms with van der Waals surface area (Å²) in [4.78, 5) is 0. The summed E-state index contributed by atoms with van der Waals surface area (Å²) in [5.41, 5.74) is 0.841. The summed E-state index contributed by atoms with van der Waals surface area (Å²) >= 11 is 0. The number of hydrogen-bond donors (Lipinski definition) is 0. The second-order valence-corrected chi connectivity index (χ2v) is 8.52. The zero-order valence-corrected chi connectivity index (χ0v) is 12.4. The highest BCUT2D eigenvalue weighted by Crippen LogP contribution is 2.78. The molecule has 104 valence electrons. The van der Waals surface area contributed by atoms with Crippen molar-refractivity contribution in [3.8, 4) is 0 Å². The van der Waals surface area contributed by atoms with Gasteiger partial charge in [0.05, 0.1) is 11.1 Å². The Hall–Kier alpha value is -0.400. The molecule has 1 spiro atoms. The van der Waals surface area contributed by atoms with Gasteiger partial charge in [-0.2, -0.15) is 10.2 Å². The summed E-state index contributed by atoms with van der Waals surface area (Å²) in [6.45, 7) is 5.00. The van der Waals surface area contributed by atoms with Crippen molar-refractivity contribution in [2.24, 2.45) is 39.3 Å². The van der Waals surface area contributed by atoms with Crippen LogP contribution in [0.4, 0.5) is 0 Å². The molecule has 4 fully saturated rings. The normalized spacial score (nSPS) is 60.1. The maximum absolute atomic E-state index is 4.97. The van der Waals surface area contributed by atoms with E-state index in [9.17, 15) is 0 Å². The Bertz CT molecular complexity index is 430. The monoisotopic (exact) mass is 258 g/mol. The van der Waals surface area contributed by atoms with E-state index in [4.69, 9.17) is 10.2 Å². The molecule has 0 aromatic rings. The van der Waals surface area contributed by atoms with Gasteiger partial charge in [-0.25, -0.2) is 0 Å². The number of fused-ring (bicyclic) bond motifs is 7. The van der Waals surface area contributed by atoms with Gasteiger partial charge in [0, 0.05) is 5.41 Å². The number of azo groups is 1. The third-order valence-corrected chi connectivity index (χ3v) is 8.32. The fourth-order valence-corrected chi connectivity index (χ4v) is 7.76. The van der Waals surface area contributed by atoms with E-state index < -0.39 is 0 Å². The van der Waals surface area contributed by atoms with Crippen molar-refractivity contribution < 1.29 is 0 Å². The highest BCUT2D eigenvalue weighted by Gasteiger charge is 2.80. The van der Waals surface area contributed by atoms with E-state index in [-0.39, 0.29) is 11.1 Å². The summed E-state index contributed by atoms with van der Waals surface area (Å²) in [5, 5.41) is 9.94. The second-order valence-electron chi connectivity index (χ2n) is 8.52. The predicted octanol–water partition coefficient (Wildman–Crippen LogP) is 4.60. The molecule has 2 heteroatoms. The van der Waals surface area contributed by atoms with Crippen LogP contribution in [0.15, 0.2) is 10.2 Å². The van der Waals surface area contributed by atoms with Gasteiger partial charge in [0.25, 0.3) is 0 Å². The molecule has 1 heterocycles. The second kappa shape index (κ2) is 3.09. The first kappa shape index (κ1) is 11.3. The molecule has 0 amide bonds. The SMILES string of the molecule is C[C@]12N=N[C@](C)([C@@H]3[C@@H]4CC[C@@H](C4)[C@@H]31)C21CCCCC1. The molecule has 0 unspecified atom stereocenters. The van der Waals surface area contributed by atoms with Gasteiger partial charge in [-0.1, -0.05) is 19.3 Å². The number of rotatable bonds is 0. The van der Waals surface area contributed by atoms with Gasteiger partial charge in [0.15, 0.2) is 0 Å². The lowest BCUT2D eigenvalue weighted by atomic mass is 9.57. The Kier molecular flexibility index (Phi) is 1.84. The molecule has 19 heavy (non-hydrogen) atoms. The van der Waals surface area contributed by atoms with E-state index in [0.717, 1.165) is 23.7 Å². The van der Waals surface area contributed by atoms with E-state index in [2.05, 4.69) is 13.8 Å². The number of hydrogen-bond acceptors (Lipinski definition) is 2. The molecule has 4 aliphatic carbocycles. The molecule has 2 nitrogen and oxygen atoms in total. The van der Waals surface area contributed by atoms with Gasteiger partial charge >= 0.3 is 0 Å². The van der Waals surface area contributed by atoms with Crippen LogP contribution < -0.4 is 0 Å². The average Bonchev–Trinajstić information content (AvgIpc) is 3.12. The van der Waals surface area contributed by atoms with Crippen LogP contribution in [0, 0.1) is 29.1 Å². The molecule has 0 N–H and O–H groups in total. The van der Waals surface area contributed by atoms with Gasteiger partial charge < -0.3 is 0 Å². The highest BCUT2D eigenvalue weighted by molar-refractivity contribution is 5.33. The van der Waals surface area contributed by atoms with E-state index in [1.54, 1.807) is 0 Å². The van der Waals surface area contributed by atoms with E-state index in [0.29, 0.717) is 5.41 Å². The predicted molar refractivity (Wildman–Crippen MR) is 75.0 cm³/mol. The Labute approximate surface area is 116 Å². The quantitative estimate of drug-likeness (QED) is 0.607. The minimum atomic E-state index is 0.201. The van der Waals surface area contributed by atoms with Crippen molar-refractivity contribution in [2.45, 2.75) is 76.3 Å². The van der Waals surface area contributed by atoms with Crippen LogP contribution in [0.5, 0.6) is 0 Å². The van der Waals surface area contributed by atoms with E-state index in [1.165, 1.54) is 51.4 Å². The Morgan fingerprint density at radius 1 is 0.789 bits per heavy atom. The summed E-state index contributed by atoms with van der Waals surface area (Å²) in [5.74, 6) is 3.73. The summed E-state index contributed by atoms with van der Waals surface area (Å²) in [7, 11) is 0. The minimum absolute atomic E-state index is 0.201. The molecule has 5 rings (SSSR count). The van der Waals surface area contributed by atoms with E-state index in [1.807, 2.05) is 0 Å². The molecule has 4 bridgehead atoms. The summed E-state index contributed by atoms with van der Waals surface area (Å²) in [6, 6.07) is 0. The van der Waals surface area contributed by atoms with Gasteiger partial charge in [-0.3, -0.25) is 0 Å². The van der Waals surface area contributed by atoms with Crippen LogP contribution in [-0.2, 0) is 0 Å². The Balaban J connectivity index is 1.71. The summed E-state index contributed by atoms with van der Waals surface area (Å²) < 4.78 is 0. The Morgan fingerprint density at radius 3 is 1.84 bits per heavy atom. The largest absolute Gasteiger partial charge is 0.186 e. The zero-order valence-electron chi connectivity index (χ0n) is 12.4. The Morgan fingerprint density at radius 2 is 1.32 bits per heavy atom. The fraction of sp³-hybridized carbons (Fsp3) is 1.00. The molecule has 1 aliphatic heterocycles. The molecular formula is C17H26N2. The van der Waals surface area contributed by atoms with E-state index >= 15 is 0 Å². The van der Waals surface area contributed by atoms with Gasteiger partial charge in [-0.15, -0.1) is 0 Å². The molecule has 0 radical (unpaired) electrons. The molecule has 5 aliphatic rings. The molecular weight excluding hydrogens is 232 g/mol. The van der Waals surface area contributed by atoms with Crippen molar-refractivity contribution in [1.29, 1.82) is 0 Å². The maximum Gasteiger partial charge on any atom is 0.0902 e. The van der Waals surface area contributed by atoms with Crippen LogP contribution in [-0.4, -0.2) is 11.1 Å². The first-order chi connectivity index (χ1) is 9.12. The molecule has 0 saturated heterocycles. The third-order valence-electron chi connectivity index (χ3n) is 8.32. The van der Waals surface area contributed by atoms with Crippen LogP contribution in [0.1, 0.15) is 65.2 Å². The van der Waals surface area contributed by atoms with Crippen molar-refractivity contribution in [2.75, 3.05) is 0 Å². The fourth-order valence-electron chi connectivity index (χ4n) is 7.76. The minimum Gasteiger partial charge on any atom is -0.186 e. The van der Waals surface area contributed by atoms with Crippen LogP contribution in [0.3, 0.4) is 0 Å². The molecule has 0 aromatic carbocycles.